The van der Waals surface area contributed by atoms with Crippen LogP contribution >= 0.6 is 0 Å². The van der Waals surface area contributed by atoms with Crippen LogP contribution < -0.4 is 4.74 Å². The largest absolute Gasteiger partial charge is 0.457 e. The smallest absolute Gasteiger partial charge is 0.418 e. The molecule has 0 bridgehead atoms. The lowest BCUT2D eigenvalue weighted by molar-refractivity contribution is -0.136. The maximum absolute atomic E-state index is 13.5. The van der Waals surface area contributed by atoms with Gasteiger partial charge in [0.05, 0.1) is 16.0 Å². The van der Waals surface area contributed by atoms with Gasteiger partial charge in [0.15, 0.2) is 9.84 Å². The summed E-state index contributed by atoms with van der Waals surface area (Å²) in [5.74, 6) is 0.753. The second-order valence-electron chi connectivity index (χ2n) is 7.39. The molecule has 8 heteroatoms. The first-order chi connectivity index (χ1) is 15.0. The van der Waals surface area contributed by atoms with Gasteiger partial charge in [0.25, 0.3) is 0 Å². The van der Waals surface area contributed by atoms with E-state index in [1.54, 1.807) is 55.5 Å². The normalized spacial score (nSPS) is 12.2. The average molecular weight is 457 g/mol. The first-order valence-electron chi connectivity index (χ1n) is 9.58. The Balaban J connectivity index is 1.79. The number of aryl methyl sites for hydroxylation is 1. The van der Waals surface area contributed by atoms with Gasteiger partial charge in [-0.2, -0.15) is 13.2 Å². The van der Waals surface area contributed by atoms with Gasteiger partial charge in [-0.3, -0.25) is 4.98 Å². The summed E-state index contributed by atoms with van der Waals surface area (Å²) in [6, 6.07) is 18.7. The Kier molecular flexibility index (Phi) is 5.42. The standard InChI is InChI=1S/C24H18F3NO3S/c1-15-12-21(20-10-5-11-22(23(20)28-15)24(25,26)27)16-6-3-7-17(13-16)31-18-8-4-9-19(14-18)32(2,29)30/h3-14H,1-2H3. The van der Waals surface area contributed by atoms with Crippen LogP contribution in [0.5, 0.6) is 11.5 Å². The fourth-order valence-electron chi connectivity index (χ4n) is 3.48. The average Bonchev–Trinajstić information content (AvgIpc) is 2.72. The van der Waals surface area contributed by atoms with Crippen molar-refractivity contribution in [1.29, 1.82) is 0 Å². The van der Waals surface area contributed by atoms with Crippen LogP contribution in [-0.4, -0.2) is 19.7 Å². The molecule has 0 aliphatic carbocycles. The zero-order valence-corrected chi connectivity index (χ0v) is 18.0. The van der Waals surface area contributed by atoms with Crippen molar-refractivity contribution in [2.45, 2.75) is 18.0 Å². The van der Waals surface area contributed by atoms with Gasteiger partial charge in [-0.05, 0) is 60.5 Å². The molecule has 4 aromatic rings. The van der Waals surface area contributed by atoms with Crippen LogP contribution in [0.25, 0.3) is 22.0 Å². The monoisotopic (exact) mass is 457 g/mol. The highest BCUT2D eigenvalue weighted by molar-refractivity contribution is 7.90. The second-order valence-corrected chi connectivity index (χ2v) is 9.40. The van der Waals surface area contributed by atoms with E-state index in [0.29, 0.717) is 33.7 Å². The summed E-state index contributed by atoms with van der Waals surface area (Å²) in [7, 11) is -3.39. The molecule has 3 aromatic carbocycles. The highest BCUT2D eigenvalue weighted by atomic mass is 32.2. The van der Waals surface area contributed by atoms with Crippen LogP contribution in [0.15, 0.2) is 77.7 Å². The maximum Gasteiger partial charge on any atom is 0.418 e. The molecule has 0 atom stereocenters. The fraction of sp³-hybridized carbons (Fsp3) is 0.125. The van der Waals surface area contributed by atoms with Crippen LogP contribution in [0.1, 0.15) is 11.3 Å². The van der Waals surface area contributed by atoms with E-state index in [-0.39, 0.29) is 10.4 Å². The number of alkyl halides is 3. The predicted octanol–water partition coefficient (Wildman–Crippen LogP) is 6.42. The summed E-state index contributed by atoms with van der Waals surface area (Å²) >= 11 is 0. The number of nitrogens with zero attached hydrogens (tertiary/aromatic N) is 1. The molecule has 32 heavy (non-hydrogen) atoms. The molecule has 0 saturated heterocycles. The Morgan fingerprint density at radius 1 is 0.875 bits per heavy atom. The van der Waals surface area contributed by atoms with Crippen LogP contribution in [0.2, 0.25) is 0 Å². The molecule has 0 aliphatic heterocycles. The Morgan fingerprint density at radius 3 is 2.22 bits per heavy atom. The maximum atomic E-state index is 13.5. The number of ether oxygens (including phenoxy) is 1. The number of benzene rings is 3. The molecule has 0 radical (unpaired) electrons. The molecular weight excluding hydrogens is 439 g/mol. The molecule has 0 N–H and O–H groups in total. The quantitative estimate of drug-likeness (QED) is 0.355. The van der Waals surface area contributed by atoms with E-state index in [9.17, 15) is 21.6 Å². The summed E-state index contributed by atoms with van der Waals surface area (Å²) in [6.45, 7) is 1.65. The zero-order valence-electron chi connectivity index (χ0n) is 17.1. The van der Waals surface area contributed by atoms with Crippen molar-refractivity contribution in [3.63, 3.8) is 0 Å². The van der Waals surface area contributed by atoms with Gasteiger partial charge in [-0.15, -0.1) is 0 Å². The SMILES string of the molecule is Cc1cc(-c2cccc(Oc3cccc(S(C)(=O)=O)c3)c2)c2cccc(C(F)(F)F)c2n1. The van der Waals surface area contributed by atoms with E-state index >= 15 is 0 Å². The molecule has 0 fully saturated rings. The molecular formula is C24H18F3NO3S. The molecule has 0 amide bonds. The predicted molar refractivity (Wildman–Crippen MR) is 117 cm³/mol. The van der Waals surface area contributed by atoms with Crippen molar-refractivity contribution in [3.05, 3.63) is 84.1 Å². The number of hydrogen-bond donors (Lipinski definition) is 0. The van der Waals surface area contributed by atoms with Crippen molar-refractivity contribution in [1.82, 2.24) is 4.98 Å². The van der Waals surface area contributed by atoms with Gasteiger partial charge in [0.2, 0.25) is 0 Å². The van der Waals surface area contributed by atoms with Gasteiger partial charge in [-0.25, -0.2) is 8.42 Å². The minimum absolute atomic E-state index is 0.109. The van der Waals surface area contributed by atoms with E-state index in [4.69, 9.17) is 4.74 Å². The Hall–Kier alpha value is -3.39. The summed E-state index contributed by atoms with van der Waals surface area (Å²) in [5, 5.41) is 0.377. The highest BCUT2D eigenvalue weighted by Gasteiger charge is 2.33. The lowest BCUT2D eigenvalue weighted by atomic mass is 9.98. The van der Waals surface area contributed by atoms with E-state index < -0.39 is 21.6 Å². The Labute approximate surface area is 183 Å². The van der Waals surface area contributed by atoms with E-state index in [0.717, 1.165) is 12.3 Å². The number of sulfone groups is 1. The van der Waals surface area contributed by atoms with Crippen LogP contribution in [0, 0.1) is 6.92 Å². The molecule has 0 aliphatic rings. The second kappa shape index (κ2) is 7.94. The molecule has 0 saturated carbocycles. The number of hydrogen-bond acceptors (Lipinski definition) is 4. The lowest BCUT2D eigenvalue weighted by Crippen LogP contribution is -2.07. The number of rotatable bonds is 4. The Bertz CT molecular complexity index is 1430. The highest BCUT2D eigenvalue weighted by Crippen LogP contribution is 2.38. The molecule has 1 aromatic heterocycles. The van der Waals surface area contributed by atoms with Crippen LogP contribution in [-0.2, 0) is 16.0 Å². The van der Waals surface area contributed by atoms with Gasteiger partial charge < -0.3 is 4.74 Å². The van der Waals surface area contributed by atoms with Crippen molar-refractivity contribution < 1.29 is 26.3 Å². The minimum Gasteiger partial charge on any atom is -0.457 e. The van der Waals surface area contributed by atoms with Gasteiger partial charge in [-0.1, -0.05) is 30.3 Å². The molecule has 4 rings (SSSR count). The first-order valence-corrected chi connectivity index (χ1v) is 11.5. The summed E-state index contributed by atoms with van der Waals surface area (Å²) in [4.78, 5) is 4.27. The van der Waals surface area contributed by atoms with Crippen molar-refractivity contribution >= 4 is 20.7 Å². The fourth-order valence-corrected chi connectivity index (χ4v) is 4.13. The molecule has 164 valence electrons. The topological polar surface area (TPSA) is 56.3 Å². The van der Waals surface area contributed by atoms with Gasteiger partial charge >= 0.3 is 6.18 Å². The van der Waals surface area contributed by atoms with E-state index in [2.05, 4.69) is 4.98 Å². The van der Waals surface area contributed by atoms with E-state index in [1.807, 2.05) is 0 Å². The summed E-state index contributed by atoms with van der Waals surface area (Å²) < 4.78 is 69.9. The van der Waals surface area contributed by atoms with Crippen molar-refractivity contribution in [3.8, 4) is 22.6 Å². The van der Waals surface area contributed by atoms with E-state index in [1.165, 1.54) is 18.2 Å². The Morgan fingerprint density at radius 2 is 1.53 bits per heavy atom. The number of aromatic nitrogens is 1. The van der Waals surface area contributed by atoms with Gasteiger partial charge in [0.1, 0.15) is 11.5 Å². The molecule has 4 nitrogen and oxygen atoms in total. The number of para-hydroxylation sites is 1. The minimum atomic E-state index is -4.52. The number of pyridine rings is 1. The molecule has 1 heterocycles. The van der Waals surface area contributed by atoms with Crippen LogP contribution in [0.4, 0.5) is 13.2 Å². The zero-order chi connectivity index (χ0) is 23.1. The third-order valence-electron chi connectivity index (χ3n) is 4.89. The van der Waals surface area contributed by atoms with Crippen LogP contribution in [0.3, 0.4) is 0 Å². The summed E-state index contributed by atoms with van der Waals surface area (Å²) in [6.07, 6.45) is -3.41. The molecule has 0 unspecified atom stereocenters. The third-order valence-corrected chi connectivity index (χ3v) is 6.00. The molecule has 0 spiro atoms. The summed E-state index contributed by atoms with van der Waals surface area (Å²) in [5.41, 5.74) is 0.800. The number of fused-ring (bicyclic) bond motifs is 1. The van der Waals surface area contributed by atoms with Crippen molar-refractivity contribution in [2.75, 3.05) is 6.26 Å². The van der Waals surface area contributed by atoms with Crippen molar-refractivity contribution in [2.24, 2.45) is 0 Å². The van der Waals surface area contributed by atoms with Gasteiger partial charge in [0, 0.05) is 17.3 Å². The lowest BCUT2D eigenvalue weighted by Gasteiger charge is -2.14. The third kappa shape index (κ3) is 4.45. The first kappa shape index (κ1) is 21.8. The number of halogens is 3.